The van der Waals surface area contributed by atoms with Gasteiger partial charge in [0.1, 0.15) is 17.7 Å². The van der Waals surface area contributed by atoms with E-state index in [2.05, 4.69) is 55.2 Å². The fourth-order valence-corrected chi connectivity index (χ4v) is 3.86. The Morgan fingerprint density at radius 3 is 2.61 bits per heavy atom. The summed E-state index contributed by atoms with van der Waals surface area (Å²) in [5.74, 6) is 0. The molecule has 0 atom stereocenters. The molecule has 0 aliphatic heterocycles. The fourth-order valence-electron chi connectivity index (χ4n) is 3.20. The third-order valence-electron chi connectivity index (χ3n) is 4.46. The summed E-state index contributed by atoms with van der Waals surface area (Å²) in [6.45, 7) is 0.488. The highest BCUT2D eigenvalue weighted by molar-refractivity contribution is 14.1. The van der Waals surface area contributed by atoms with Crippen LogP contribution in [0.1, 0.15) is 16.7 Å². The summed E-state index contributed by atoms with van der Waals surface area (Å²) in [6, 6.07) is 16.1. The Bertz CT molecular complexity index is 1250. The summed E-state index contributed by atoms with van der Waals surface area (Å²) in [4.78, 5) is 4.13. The number of benzene rings is 2. The number of hydrogen-bond donors (Lipinski definition) is 2. The predicted molar refractivity (Wildman–Crippen MR) is 115 cm³/mol. The fraction of sp³-hybridized carbons (Fsp3) is 0.0476. The van der Waals surface area contributed by atoms with Gasteiger partial charge in [0.05, 0.1) is 16.8 Å². The predicted octanol–water partition coefficient (Wildman–Crippen LogP) is 4.58. The molecule has 0 bridgehead atoms. The van der Waals surface area contributed by atoms with Crippen LogP contribution in [-0.2, 0) is 6.54 Å². The van der Waals surface area contributed by atoms with Crippen molar-refractivity contribution in [2.75, 3.05) is 5.32 Å². The van der Waals surface area contributed by atoms with Crippen molar-refractivity contribution in [2.45, 2.75) is 6.54 Å². The highest BCUT2D eigenvalue weighted by Gasteiger charge is 2.23. The lowest BCUT2D eigenvalue weighted by atomic mass is 9.91. The van der Waals surface area contributed by atoms with Crippen LogP contribution in [-0.4, -0.2) is 15.2 Å². The number of hydrogen-bond acceptors (Lipinski definition) is 5. The second kappa shape index (κ2) is 7.67. The largest absolute Gasteiger partial charge is 0.378 e. The zero-order chi connectivity index (χ0) is 19.5. The first-order chi connectivity index (χ1) is 13.7. The molecule has 2 aromatic heterocycles. The van der Waals surface area contributed by atoms with Crippen molar-refractivity contribution in [3.05, 3.63) is 75.2 Å². The Morgan fingerprint density at radius 1 is 1.07 bits per heavy atom. The highest BCUT2D eigenvalue weighted by Crippen LogP contribution is 2.40. The van der Waals surface area contributed by atoms with E-state index in [1.54, 1.807) is 18.6 Å². The topological polar surface area (TPSA) is 101 Å². The van der Waals surface area contributed by atoms with Crippen molar-refractivity contribution in [3.8, 4) is 23.3 Å². The van der Waals surface area contributed by atoms with E-state index < -0.39 is 0 Å². The minimum absolute atomic E-state index is 0.407. The van der Waals surface area contributed by atoms with Gasteiger partial charge in [-0.1, -0.05) is 24.3 Å². The molecular weight excluding hydrogens is 463 g/mol. The Labute approximate surface area is 175 Å². The van der Waals surface area contributed by atoms with Gasteiger partial charge in [0.15, 0.2) is 0 Å². The van der Waals surface area contributed by atoms with Crippen LogP contribution in [0.15, 0.2) is 55.0 Å². The molecule has 2 heterocycles. The second-order valence-electron chi connectivity index (χ2n) is 6.07. The second-order valence-corrected chi connectivity index (χ2v) is 7.23. The van der Waals surface area contributed by atoms with Crippen LogP contribution in [0.25, 0.3) is 22.0 Å². The quantitative estimate of drug-likeness (QED) is 0.420. The molecule has 0 saturated carbocycles. The lowest BCUT2D eigenvalue weighted by molar-refractivity contribution is 1.09. The van der Waals surface area contributed by atoms with Gasteiger partial charge in [0.25, 0.3) is 0 Å². The SMILES string of the molecule is N#Cc1c(-c2ccccc2I)c(C#N)c2c[nH]nc2c1NCc1cccnc1. The van der Waals surface area contributed by atoms with Gasteiger partial charge in [0, 0.05) is 39.7 Å². The van der Waals surface area contributed by atoms with Gasteiger partial charge in [-0.2, -0.15) is 15.6 Å². The molecule has 0 unspecified atom stereocenters. The van der Waals surface area contributed by atoms with Crippen molar-refractivity contribution < 1.29 is 0 Å². The van der Waals surface area contributed by atoms with E-state index in [1.807, 2.05) is 36.4 Å². The van der Waals surface area contributed by atoms with Gasteiger partial charge in [-0.05, 0) is 45.9 Å². The van der Waals surface area contributed by atoms with Gasteiger partial charge in [0.2, 0.25) is 0 Å². The van der Waals surface area contributed by atoms with Gasteiger partial charge < -0.3 is 5.32 Å². The first-order valence-corrected chi connectivity index (χ1v) is 9.53. The Balaban J connectivity index is 1.97. The van der Waals surface area contributed by atoms with Gasteiger partial charge in [-0.15, -0.1) is 0 Å². The molecule has 134 valence electrons. The summed E-state index contributed by atoms with van der Waals surface area (Å²) in [5.41, 5.74) is 4.49. The molecule has 0 radical (unpaired) electrons. The van der Waals surface area contributed by atoms with Crippen LogP contribution in [0.4, 0.5) is 5.69 Å². The van der Waals surface area contributed by atoms with E-state index in [0.717, 1.165) is 14.7 Å². The molecule has 28 heavy (non-hydrogen) atoms. The maximum Gasteiger partial charge on any atom is 0.118 e. The number of nitrogens with one attached hydrogen (secondary N) is 2. The van der Waals surface area contributed by atoms with Crippen molar-refractivity contribution in [1.82, 2.24) is 15.2 Å². The maximum atomic E-state index is 10.0. The van der Waals surface area contributed by atoms with Gasteiger partial charge >= 0.3 is 0 Å². The monoisotopic (exact) mass is 476 g/mol. The van der Waals surface area contributed by atoms with Crippen molar-refractivity contribution in [3.63, 3.8) is 0 Å². The van der Waals surface area contributed by atoms with E-state index >= 15 is 0 Å². The molecular formula is C21H13IN6. The summed E-state index contributed by atoms with van der Waals surface area (Å²) in [7, 11) is 0. The molecule has 0 amide bonds. The van der Waals surface area contributed by atoms with Gasteiger partial charge in [-0.25, -0.2) is 0 Å². The van der Waals surface area contributed by atoms with Crippen molar-refractivity contribution in [2.24, 2.45) is 0 Å². The number of aromatic amines is 1. The molecule has 0 spiro atoms. The van der Waals surface area contributed by atoms with Crippen molar-refractivity contribution >= 4 is 39.2 Å². The third-order valence-corrected chi connectivity index (χ3v) is 5.40. The molecule has 7 heteroatoms. The van der Waals surface area contributed by atoms with E-state index in [0.29, 0.717) is 39.8 Å². The van der Waals surface area contributed by atoms with E-state index in [4.69, 9.17) is 0 Å². The summed E-state index contributed by atoms with van der Waals surface area (Å²) in [5, 5.41) is 31.0. The number of fused-ring (bicyclic) bond motifs is 1. The molecule has 4 aromatic rings. The molecule has 4 rings (SSSR count). The summed E-state index contributed by atoms with van der Waals surface area (Å²) < 4.78 is 0.967. The van der Waals surface area contributed by atoms with Crippen molar-refractivity contribution in [1.29, 1.82) is 10.5 Å². The number of nitrogens with zero attached hydrogens (tertiary/aromatic N) is 4. The minimum atomic E-state index is 0.407. The lowest BCUT2D eigenvalue weighted by Gasteiger charge is -2.16. The van der Waals surface area contributed by atoms with Crippen LogP contribution >= 0.6 is 22.6 Å². The third kappa shape index (κ3) is 3.06. The van der Waals surface area contributed by atoms with Gasteiger partial charge in [-0.3, -0.25) is 10.1 Å². The molecule has 0 aliphatic rings. The first kappa shape index (κ1) is 18.0. The van der Waals surface area contributed by atoms with Crippen LogP contribution in [0.3, 0.4) is 0 Å². The Kier molecular flexibility index (Phi) is 4.92. The first-order valence-electron chi connectivity index (χ1n) is 8.46. The number of anilines is 1. The van der Waals surface area contributed by atoms with Crippen LogP contribution in [0.2, 0.25) is 0 Å². The van der Waals surface area contributed by atoms with Crippen LogP contribution in [0.5, 0.6) is 0 Å². The molecule has 0 saturated heterocycles. The van der Waals surface area contributed by atoms with Crippen LogP contribution < -0.4 is 5.32 Å². The Hall–Kier alpha value is -3.43. The molecule has 6 nitrogen and oxygen atoms in total. The molecule has 0 aliphatic carbocycles. The van der Waals surface area contributed by atoms with E-state index in [9.17, 15) is 10.5 Å². The number of nitriles is 2. The maximum absolute atomic E-state index is 10.0. The van der Waals surface area contributed by atoms with Crippen LogP contribution in [0, 0.1) is 26.2 Å². The standard InChI is InChI=1S/C21H13IN6/c22-18-6-2-1-5-14(18)19-15(8-23)17-12-27-28-21(17)20(16(19)9-24)26-11-13-4-3-7-25-10-13/h1-7,10,12,26H,11H2,(H,27,28). The molecule has 2 N–H and O–H groups in total. The normalized spacial score (nSPS) is 10.4. The minimum Gasteiger partial charge on any atom is -0.378 e. The number of H-pyrrole nitrogens is 1. The smallest absolute Gasteiger partial charge is 0.118 e. The number of aromatic nitrogens is 3. The van der Waals surface area contributed by atoms with E-state index in [-0.39, 0.29) is 0 Å². The van der Waals surface area contributed by atoms with E-state index in [1.165, 1.54) is 0 Å². The average Bonchev–Trinajstić information content (AvgIpc) is 3.22. The number of rotatable bonds is 4. The Morgan fingerprint density at radius 2 is 1.89 bits per heavy atom. The number of pyridine rings is 1. The molecule has 2 aromatic carbocycles. The number of halogens is 1. The average molecular weight is 476 g/mol. The lowest BCUT2D eigenvalue weighted by Crippen LogP contribution is -2.05. The summed E-state index contributed by atoms with van der Waals surface area (Å²) in [6.07, 6.45) is 5.18. The zero-order valence-electron chi connectivity index (χ0n) is 14.6. The summed E-state index contributed by atoms with van der Waals surface area (Å²) >= 11 is 2.22. The molecule has 0 fully saturated rings. The highest BCUT2D eigenvalue weighted by atomic mass is 127. The zero-order valence-corrected chi connectivity index (χ0v) is 16.7.